The lowest BCUT2D eigenvalue weighted by Crippen LogP contribution is -2.35. The van der Waals surface area contributed by atoms with Crippen LogP contribution in [-0.2, 0) is 0 Å². The molecule has 0 saturated carbocycles. The molecule has 2 aliphatic rings. The predicted octanol–water partition coefficient (Wildman–Crippen LogP) is 2.27. The van der Waals surface area contributed by atoms with Gasteiger partial charge in [-0.1, -0.05) is 30.4 Å². The third kappa shape index (κ3) is 2.49. The van der Waals surface area contributed by atoms with Crippen LogP contribution in [0, 0.1) is 0 Å². The van der Waals surface area contributed by atoms with Gasteiger partial charge in [0.05, 0.1) is 0 Å². The molecule has 2 aliphatic heterocycles. The molecule has 0 aliphatic carbocycles. The summed E-state index contributed by atoms with van der Waals surface area (Å²) in [5.74, 6) is 0.953. The van der Waals surface area contributed by atoms with Crippen molar-refractivity contribution >= 4 is 17.0 Å². The third-order valence-corrected chi connectivity index (χ3v) is 5.17. The number of nitrogens with zero attached hydrogens (tertiary/aromatic N) is 6. The first-order chi connectivity index (χ1) is 12.4. The van der Waals surface area contributed by atoms with Gasteiger partial charge in [0.25, 0.3) is 0 Å². The molecule has 1 atom stereocenters. The van der Waals surface area contributed by atoms with Crippen molar-refractivity contribution in [2.45, 2.75) is 12.5 Å². The van der Waals surface area contributed by atoms with E-state index < -0.39 is 0 Å². The van der Waals surface area contributed by atoms with E-state index in [4.69, 9.17) is 0 Å². The van der Waals surface area contributed by atoms with Crippen LogP contribution in [0.2, 0.25) is 0 Å². The smallest absolute Gasteiger partial charge is 0.170 e. The van der Waals surface area contributed by atoms with Crippen molar-refractivity contribution in [1.82, 2.24) is 24.4 Å². The van der Waals surface area contributed by atoms with Crippen LogP contribution in [-0.4, -0.2) is 56.6 Å². The van der Waals surface area contributed by atoms with E-state index in [2.05, 4.69) is 49.0 Å². The molecule has 1 saturated heterocycles. The number of fused-ring (bicyclic) bond motifs is 1. The summed E-state index contributed by atoms with van der Waals surface area (Å²) in [4.78, 5) is 18.6. The Morgan fingerprint density at radius 1 is 0.960 bits per heavy atom. The van der Waals surface area contributed by atoms with E-state index in [1.165, 1.54) is 6.42 Å². The van der Waals surface area contributed by atoms with Crippen molar-refractivity contribution in [2.75, 3.05) is 31.1 Å². The standard InChI is InChI=1S/C19H20N6/c1-2-6-15(7-3-1)25-14-22-17-18(20-13-21-19(17)25)24-11-8-16(12-24)23-9-4-5-10-23/h1-7,13-14,16H,8-12H2. The summed E-state index contributed by atoms with van der Waals surface area (Å²) in [6.07, 6.45) is 9.19. The summed E-state index contributed by atoms with van der Waals surface area (Å²) in [5, 5.41) is 0. The summed E-state index contributed by atoms with van der Waals surface area (Å²) in [6.45, 7) is 4.16. The van der Waals surface area contributed by atoms with Crippen LogP contribution in [0.4, 0.5) is 5.82 Å². The Balaban J connectivity index is 1.47. The monoisotopic (exact) mass is 332 g/mol. The Labute approximate surface area is 146 Å². The average molecular weight is 332 g/mol. The largest absolute Gasteiger partial charge is 0.353 e. The van der Waals surface area contributed by atoms with Crippen LogP contribution in [0.15, 0.2) is 55.1 Å². The fourth-order valence-electron chi connectivity index (χ4n) is 3.86. The molecule has 0 amide bonds. The van der Waals surface area contributed by atoms with Crippen molar-refractivity contribution < 1.29 is 0 Å². The fraction of sp³-hybridized carbons (Fsp3) is 0.316. The van der Waals surface area contributed by atoms with Gasteiger partial charge in [-0.15, -0.1) is 0 Å². The predicted molar refractivity (Wildman–Crippen MR) is 98.0 cm³/mol. The maximum Gasteiger partial charge on any atom is 0.170 e. The highest BCUT2D eigenvalue weighted by Crippen LogP contribution is 2.28. The zero-order valence-electron chi connectivity index (χ0n) is 14.0. The number of hydrogen-bond acceptors (Lipinski definition) is 5. The van der Waals surface area contributed by atoms with Gasteiger partial charge in [-0.05, 0) is 18.6 Å². The molecule has 6 heteroatoms. The van der Waals surface area contributed by atoms with Crippen molar-refractivity contribution in [2.24, 2.45) is 0 Å². The summed E-state index contributed by atoms with van der Waals surface area (Å²) < 4.78 is 2.03. The van der Waals surface area contributed by atoms with Gasteiger partial charge in [0.1, 0.15) is 12.7 Å². The Morgan fingerprint density at radius 3 is 2.64 bits per heavy atom. The molecule has 1 fully saturated rings. The summed E-state index contributed by atoms with van der Waals surface area (Å²) in [7, 11) is 0. The van der Waals surface area contributed by atoms with Gasteiger partial charge in [0.15, 0.2) is 17.0 Å². The summed E-state index contributed by atoms with van der Waals surface area (Å²) >= 11 is 0. The van der Waals surface area contributed by atoms with E-state index in [1.54, 1.807) is 6.33 Å². The van der Waals surface area contributed by atoms with Gasteiger partial charge in [0.2, 0.25) is 0 Å². The minimum Gasteiger partial charge on any atom is -0.353 e. The number of rotatable bonds is 3. The molecular weight excluding hydrogens is 312 g/mol. The first-order valence-electron chi connectivity index (χ1n) is 8.77. The fourth-order valence-corrected chi connectivity index (χ4v) is 3.86. The molecule has 0 spiro atoms. The Morgan fingerprint density at radius 2 is 1.80 bits per heavy atom. The minimum atomic E-state index is 0.594. The molecule has 1 aromatic carbocycles. The lowest BCUT2D eigenvalue weighted by atomic mass is 10.2. The van der Waals surface area contributed by atoms with Crippen LogP contribution < -0.4 is 4.90 Å². The molecule has 3 aromatic rings. The van der Waals surface area contributed by atoms with Crippen molar-refractivity contribution in [1.29, 1.82) is 0 Å². The number of aromatic nitrogens is 4. The zero-order valence-corrected chi connectivity index (χ0v) is 14.0. The SMILES string of the molecule is C1=CCN(C2CCN(c3ncnc4c3ncn4-c3ccccc3)C2)C1. The summed E-state index contributed by atoms with van der Waals surface area (Å²) in [5.41, 5.74) is 2.81. The van der Waals surface area contributed by atoms with E-state index in [0.29, 0.717) is 6.04 Å². The first-order valence-corrected chi connectivity index (χ1v) is 8.77. The zero-order chi connectivity index (χ0) is 16.6. The van der Waals surface area contributed by atoms with Crippen molar-refractivity contribution in [3.63, 3.8) is 0 Å². The van der Waals surface area contributed by atoms with Crippen molar-refractivity contribution in [3.8, 4) is 5.69 Å². The van der Waals surface area contributed by atoms with Gasteiger partial charge in [-0.25, -0.2) is 15.0 Å². The van der Waals surface area contributed by atoms with E-state index in [1.807, 2.05) is 29.1 Å². The normalized spacial score (nSPS) is 20.8. The Kier molecular flexibility index (Phi) is 3.48. The number of hydrogen-bond donors (Lipinski definition) is 0. The number of para-hydroxylation sites is 1. The molecule has 0 bridgehead atoms. The molecule has 0 radical (unpaired) electrons. The van der Waals surface area contributed by atoms with Crippen LogP contribution in [0.5, 0.6) is 0 Å². The molecule has 126 valence electrons. The highest BCUT2D eigenvalue weighted by Gasteiger charge is 2.30. The van der Waals surface area contributed by atoms with Gasteiger partial charge in [-0.3, -0.25) is 9.47 Å². The van der Waals surface area contributed by atoms with E-state index >= 15 is 0 Å². The van der Waals surface area contributed by atoms with E-state index in [9.17, 15) is 0 Å². The van der Waals surface area contributed by atoms with Crippen LogP contribution in [0.25, 0.3) is 16.9 Å². The molecule has 6 nitrogen and oxygen atoms in total. The number of imidazole rings is 1. The summed E-state index contributed by atoms with van der Waals surface area (Å²) in [6, 6.07) is 10.8. The van der Waals surface area contributed by atoms with Gasteiger partial charge in [0, 0.05) is 37.9 Å². The third-order valence-electron chi connectivity index (χ3n) is 5.17. The number of benzene rings is 1. The molecule has 4 heterocycles. The molecule has 2 aromatic heterocycles. The van der Waals surface area contributed by atoms with Crippen molar-refractivity contribution in [3.05, 3.63) is 55.1 Å². The second-order valence-corrected chi connectivity index (χ2v) is 6.63. The van der Waals surface area contributed by atoms with Gasteiger partial charge < -0.3 is 4.90 Å². The van der Waals surface area contributed by atoms with Gasteiger partial charge >= 0.3 is 0 Å². The molecule has 1 unspecified atom stereocenters. The minimum absolute atomic E-state index is 0.594. The maximum absolute atomic E-state index is 4.63. The van der Waals surface area contributed by atoms with Crippen LogP contribution in [0.3, 0.4) is 0 Å². The van der Waals surface area contributed by atoms with Crippen LogP contribution in [0.1, 0.15) is 6.42 Å². The second kappa shape index (κ2) is 5.97. The average Bonchev–Trinajstić information content (AvgIpc) is 3.40. The number of anilines is 1. The molecule has 25 heavy (non-hydrogen) atoms. The highest BCUT2D eigenvalue weighted by atomic mass is 15.3. The lowest BCUT2D eigenvalue weighted by molar-refractivity contribution is 0.271. The maximum atomic E-state index is 4.63. The first kappa shape index (κ1) is 14.6. The van der Waals surface area contributed by atoms with E-state index in [-0.39, 0.29) is 0 Å². The molecule has 5 rings (SSSR count). The molecular formula is C19H20N6. The quantitative estimate of drug-likeness (QED) is 0.689. The Hall–Kier alpha value is -2.73. The topological polar surface area (TPSA) is 50.1 Å². The second-order valence-electron chi connectivity index (χ2n) is 6.63. The van der Waals surface area contributed by atoms with E-state index in [0.717, 1.165) is 48.8 Å². The van der Waals surface area contributed by atoms with Crippen LogP contribution >= 0.6 is 0 Å². The Bertz CT molecular complexity index is 908. The molecule has 0 N–H and O–H groups in total. The van der Waals surface area contributed by atoms with Gasteiger partial charge in [-0.2, -0.15) is 0 Å². The highest BCUT2D eigenvalue weighted by molar-refractivity contribution is 5.84. The lowest BCUT2D eigenvalue weighted by Gasteiger charge is -2.24.